The van der Waals surface area contributed by atoms with Gasteiger partial charge in [-0.05, 0) is 23.8 Å². The van der Waals surface area contributed by atoms with Crippen LogP contribution in [-0.2, 0) is 30.4 Å². The molecule has 0 heterocycles. The summed E-state index contributed by atoms with van der Waals surface area (Å²) < 4.78 is 14.9. The van der Waals surface area contributed by atoms with Gasteiger partial charge >= 0.3 is 18.0 Å². The van der Waals surface area contributed by atoms with Crippen molar-refractivity contribution < 1.29 is 28.6 Å². The molecule has 28 heavy (non-hydrogen) atoms. The van der Waals surface area contributed by atoms with Crippen LogP contribution in [0.4, 0.5) is 4.79 Å². The normalized spacial score (nSPS) is 11.8. The minimum absolute atomic E-state index is 0.0750. The Morgan fingerprint density at radius 2 is 1.64 bits per heavy atom. The highest BCUT2D eigenvalue weighted by molar-refractivity contribution is 5.72. The number of carbonyl (C=O) groups is 3. The Hall–Kier alpha value is -2.57. The fraction of sp³-hybridized carbons (Fsp3) is 0.571. The van der Waals surface area contributed by atoms with Crippen molar-refractivity contribution in [1.29, 1.82) is 0 Å². The second-order valence-corrected chi connectivity index (χ2v) is 7.39. The molecule has 7 heteroatoms. The summed E-state index contributed by atoms with van der Waals surface area (Å²) in [5.41, 5.74) is 0.925. The Labute approximate surface area is 166 Å². The van der Waals surface area contributed by atoms with Crippen LogP contribution in [0.2, 0.25) is 0 Å². The quantitative estimate of drug-likeness (QED) is 0.456. The third-order valence-electron chi connectivity index (χ3n) is 3.90. The standard InChI is InChI=1S/C21H31NO6/c1-15(2)10-18(11-19(23)26-13-17-8-6-5-7-9-17)12-22-21(25)28-14-27-20(24)16(3)4/h5-9,15-16,18H,10-14H2,1-4H3,(H,22,25)/t18-/m0/s1. The summed E-state index contributed by atoms with van der Waals surface area (Å²) in [6, 6.07) is 9.46. The fourth-order valence-electron chi connectivity index (χ4n) is 2.52. The van der Waals surface area contributed by atoms with Crippen LogP contribution in [0.25, 0.3) is 0 Å². The van der Waals surface area contributed by atoms with Crippen LogP contribution >= 0.6 is 0 Å². The number of nitrogens with one attached hydrogen (secondary N) is 1. The molecule has 1 aromatic rings. The smallest absolute Gasteiger partial charge is 0.410 e. The summed E-state index contributed by atoms with van der Waals surface area (Å²) in [4.78, 5) is 35.2. The molecule has 1 N–H and O–H groups in total. The van der Waals surface area contributed by atoms with Gasteiger partial charge in [0.1, 0.15) is 6.61 Å². The second-order valence-electron chi connectivity index (χ2n) is 7.39. The average Bonchev–Trinajstić information content (AvgIpc) is 2.64. The monoisotopic (exact) mass is 393 g/mol. The van der Waals surface area contributed by atoms with Crippen molar-refractivity contribution in [3.8, 4) is 0 Å². The summed E-state index contributed by atoms with van der Waals surface area (Å²) in [5.74, 6) is -0.753. The molecule has 1 atom stereocenters. The number of benzene rings is 1. The van der Waals surface area contributed by atoms with Crippen LogP contribution in [0.5, 0.6) is 0 Å². The van der Waals surface area contributed by atoms with Crippen molar-refractivity contribution >= 4 is 18.0 Å². The van der Waals surface area contributed by atoms with Gasteiger partial charge in [-0.25, -0.2) is 4.79 Å². The van der Waals surface area contributed by atoms with E-state index in [-0.39, 0.29) is 37.4 Å². The lowest BCUT2D eigenvalue weighted by molar-refractivity contribution is -0.155. The van der Waals surface area contributed by atoms with Crippen LogP contribution in [0, 0.1) is 17.8 Å². The van der Waals surface area contributed by atoms with Gasteiger partial charge in [0.2, 0.25) is 6.79 Å². The second kappa shape index (κ2) is 12.8. The molecule has 0 aliphatic heterocycles. The van der Waals surface area contributed by atoms with Gasteiger partial charge in [0.25, 0.3) is 0 Å². The molecule has 0 aliphatic carbocycles. The topological polar surface area (TPSA) is 90.9 Å². The van der Waals surface area contributed by atoms with E-state index < -0.39 is 18.9 Å². The van der Waals surface area contributed by atoms with E-state index in [1.165, 1.54) is 0 Å². The van der Waals surface area contributed by atoms with E-state index in [0.29, 0.717) is 5.92 Å². The van der Waals surface area contributed by atoms with E-state index in [0.717, 1.165) is 12.0 Å². The molecule has 1 rings (SSSR count). The molecule has 0 saturated heterocycles. The van der Waals surface area contributed by atoms with Gasteiger partial charge in [-0.15, -0.1) is 0 Å². The molecule has 1 aromatic carbocycles. The summed E-state index contributed by atoms with van der Waals surface area (Å²) in [5, 5.41) is 2.61. The zero-order valence-corrected chi connectivity index (χ0v) is 17.1. The molecule has 0 radical (unpaired) electrons. The van der Waals surface area contributed by atoms with Crippen molar-refractivity contribution in [1.82, 2.24) is 5.32 Å². The van der Waals surface area contributed by atoms with Crippen molar-refractivity contribution in [2.45, 2.75) is 47.1 Å². The maximum absolute atomic E-state index is 12.1. The molecule has 0 aliphatic rings. The van der Waals surface area contributed by atoms with Crippen molar-refractivity contribution in [2.24, 2.45) is 17.8 Å². The van der Waals surface area contributed by atoms with Gasteiger partial charge in [-0.3, -0.25) is 9.59 Å². The molecular weight excluding hydrogens is 362 g/mol. The van der Waals surface area contributed by atoms with Gasteiger partial charge in [-0.1, -0.05) is 58.0 Å². The van der Waals surface area contributed by atoms with Crippen molar-refractivity contribution in [3.05, 3.63) is 35.9 Å². The predicted octanol–water partition coefficient (Wildman–Crippen LogP) is 3.67. The largest absolute Gasteiger partial charge is 0.461 e. The minimum atomic E-state index is -0.692. The van der Waals surface area contributed by atoms with Crippen LogP contribution in [0.15, 0.2) is 30.3 Å². The summed E-state index contributed by atoms with van der Waals surface area (Å²) in [7, 11) is 0. The minimum Gasteiger partial charge on any atom is -0.461 e. The molecule has 0 fully saturated rings. The molecule has 0 unspecified atom stereocenters. The van der Waals surface area contributed by atoms with Crippen LogP contribution in [0.3, 0.4) is 0 Å². The summed E-state index contributed by atoms with van der Waals surface area (Å²) in [6.07, 6.45) is 0.263. The van der Waals surface area contributed by atoms with Gasteiger partial charge in [-0.2, -0.15) is 0 Å². The molecule has 1 amide bonds. The first-order valence-electron chi connectivity index (χ1n) is 9.54. The Morgan fingerprint density at radius 1 is 0.964 bits per heavy atom. The number of ether oxygens (including phenoxy) is 3. The number of amides is 1. The third kappa shape index (κ3) is 10.5. The summed E-state index contributed by atoms with van der Waals surface area (Å²) >= 11 is 0. The van der Waals surface area contributed by atoms with E-state index in [2.05, 4.69) is 5.32 Å². The van der Waals surface area contributed by atoms with Gasteiger partial charge < -0.3 is 19.5 Å². The van der Waals surface area contributed by atoms with Gasteiger partial charge in [0.05, 0.1) is 12.3 Å². The first kappa shape index (κ1) is 23.5. The van der Waals surface area contributed by atoms with Crippen LogP contribution in [-0.4, -0.2) is 31.4 Å². The third-order valence-corrected chi connectivity index (χ3v) is 3.90. The molecular formula is C21H31NO6. The number of carbonyl (C=O) groups excluding carboxylic acids is 3. The van der Waals surface area contributed by atoms with Gasteiger partial charge in [0, 0.05) is 6.54 Å². The van der Waals surface area contributed by atoms with E-state index in [9.17, 15) is 14.4 Å². The van der Waals surface area contributed by atoms with E-state index in [1.807, 2.05) is 44.2 Å². The molecule has 0 aromatic heterocycles. The zero-order chi connectivity index (χ0) is 20.9. The van der Waals surface area contributed by atoms with Gasteiger partial charge in [0.15, 0.2) is 0 Å². The first-order valence-corrected chi connectivity index (χ1v) is 9.54. The summed E-state index contributed by atoms with van der Waals surface area (Å²) in [6.45, 7) is 7.54. The fourth-order valence-corrected chi connectivity index (χ4v) is 2.52. The van der Waals surface area contributed by atoms with E-state index in [4.69, 9.17) is 14.2 Å². The van der Waals surface area contributed by atoms with E-state index in [1.54, 1.807) is 13.8 Å². The van der Waals surface area contributed by atoms with Crippen molar-refractivity contribution in [2.75, 3.05) is 13.3 Å². The first-order chi connectivity index (χ1) is 13.3. The highest BCUT2D eigenvalue weighted by Gasteiger charge is 2.18. The molecule has 0 spiro atoms. The average molecular weight is 393 g/mol. The Morgan fingerprint density at radius 3 is 2.25 bits per heavy atom. The lowest BCUT2D eigenvalue weighted by atomic mass is 9.94. The number of hydrogen-bond donors (Lipinski definition) is 1. The van der Waals surface area contributed by atoms with Crippen LogP contribution < -0.4 is 5.32 Å². The van der Waals surface area contributed by atoms with Crippen molar-refractivity contribution in [3.63, 3.8) is 0 Å². The number of alkyl carbamates (subject to hydrolysis) is 1. The Kier molecular flexibility index (Phi) is 10.7. The highest BCUT2D eigenvalue weighted by atomic mass is 16.7. The molecule has 0 bridgehead atoms. The van der Waals surface area contributed by atoms with Crippen LogP contribution in [0.1, 0.15) is 46.1 Å². The maximum atomic E-state index is 12.1. The lowest BCUT2D eigenvalue weighted by Gasteiger charge is -2.19. The number of rotatable bonds is 11. The number of hydrogen-bond acceptors (Lipinski definition) is 6. The highest BCUT2D eigenvalue weighted by Crippen LogP contribution is 2.16. The Balaban J connectivity index is 2.37. The number of esters is 2. The predicted molar refractivity (Wildman–Crippen MR) is 104 cm³/mol. The van der Waals surface area contributed by atoms with E-state index >= 15 is 0 Å². The SMILES string of the molecule is CC(C)C[C@H](CNC(=O)OCOC(=O)C(C)C)CC(=O)OCc1ccccc1. The molecule has 7 nitrogen and oxygen atoms in total. The molecule has 0 saturated carbocycles. The lowest BCUT2D eigenvalue weighted by Crippen LogP contribution is -2.32. The zero-order valence-electron chi connectivity index (χ0n) is 17.1. The maximum Gasteiger partial charge on any atom is 0.410 e. The Bertz CT molecular complexity index is 615. The molecule has 156 valence electrons.